The first-order valence-corrected chi connectivity index (χ1v) is 7.50. The quantitative estimate of drug-likeness (QED) is 0.730. The zero-order chi connectivity index (χ0) is 15.8. The Balaban J connectivity index is 1.76. The minimum atomic E-state index is 0.571. The van der Waals surface area contributed by atoms with Crippen LogP contribution in [-0.4, -0.2) is 22.8 Å². The molecule has 1 aliphatic rings. The monoisotopic (exact) mass is 305 g/mol. The van der Waals surface area contributed by atoms with Gasteiger partial charge < -0.3 is 14.0 Å². The van der Waals surface area contributed by atoms with Crippen LogP contribution in [0.5, 0.6) is 11.5 Å². The summed E-state index contributed by atoms with van der Waals surface area (Å²) in [5, 5.41) is 8.89. The van der Waals surface area contributed by atoms with Crippen LogP contribution >= 0.6 is 0 Å². The van der Waals surface area contributed by atoms with Crippen molar-refractivity contribution in [3.05, 3.63) is 53.3 Å². The third-order valence-electron chi connectivity index (χ3n) is 4.03. The largest absolute Gasteiger partial charge is 0.486 e. The smallest absolute Gasteiger partial charge is 0.163 e. The summed E-state index contributed by atoms with van der Waals surface area (Å²) in [6.45, 7) is 3.84. The fourth-order valence-electron chi connectivity index (χ4n) is 2.85. The second kappa shape index (κ2) is 5.33. The molecular formula is C18H15N3O2. The summed E-state index contributed by atoms with van der Waals surface area (Å²) >= 11 is 0. The Morgan fingerprint density at radius 2 is 1.83 bits per heavy atom. The predicted molar refractivity (Wildman–Crippen MR) is 85.7 cm³/mol. The maximum absolute atomic E-state index is 8.89. The van der Waals surface area contributed by atoms with E-state index in [9.17, 15) is 0 Å². The zero-order valence-corrected chi connectivity index (χ0v) is 12.7. The van der Waals surface area contributed by atoms with Crippen LogP contribution in [0, 0.1) is 18.3 Å². The van der Waals surface area contributed by atoms with Crippen LogP contribution < -0.4 is 9.47 Å². The molecule has 0 fully saturated rings. The number of ether oxygens (including phenoxy) is 2. The van der Waals surface area contributed by atoms with Gasteiger partial charge in [-0.25, -0.2) is 4.98 Å². The number of rotatable bonds is 2. The van der Waals surface area contributed by atoms with Crippen molar-refractivity contribution in [3.63, 3.8) is 0 Å². The molecule has 0 unspecified atom stereocenters. The fourth-order valence-corrected chi connectivity index (χ4v) is 2.85. The lowest BCUT2D eigenvalue weighted by Crippen LogP contribution is -2.15. The number of aryl methyl sites for hydroxylation is 1. The first-order chi connectivity index (χ1) is 11.2. The molecule has 2 heterocycles. The van der Waals surface area contributed by atoms with Gasteiger partial charge in [0.25, 0.3) is 0 Å². The molecule has 1 aliphatic heterocycles. The SMILES string of the molecule is Cc1nc2cc3c(cc2n1Cc1ccc(C#N)cc1)OCCO3. The third kappa shape index (κ3) is 2.38. The first-order valence-electron chi connectivity index (χ1n) is 7.50. The summed E-state index contributed by atoms with van der Waals surface area (Å²) in [5.41, 5.74) is 3.72. The second-order valence-corrected chi connectivity index (χ2v) is 5.54. The highest BCUT2D eigenvalue weighted by Crippen LogP contribution is 2.34. The molecule has 1 aromatic heterocycles. The Labute approximate surface area is 133 Å². The number of aromatic nitrogens is 2. The summed E-state index contributed by atoms with van der Waals surface area (Å²) in [5.74, 6) is 2.46. The summed E-state index contributed by atoms with van der Waals surface area (Å²) in [7, 11) is 0. The number of hydrogen-bond acceptors (Lipinski definition) is 4. The van der Waals surface area contributed by atoms with Crippen molar-refractivity contribution in [2.45, 2.75) is 13.5 Å². The van der Waals surface area contributed by atoms with Crippen molar-refractivity contribution in [1.82, 2.24) is 9.55 Å². The average Bonchev–Trinajstić information content (AvgIpc) is 2.88. The minimum Gasteiger partial charge on any atom is -0.486 e. The lowest BCUT2D eigenvalue weighted by Gasteiger charge is -2.18. The van der Waals surface area contributed by atoms with Crippen LogP contribution in [0.2, 0.25) is 0 Å². The van der Waals surface area contributed by atoms with Gasteiger partial charge in [0.1, 0.15) is 19.0 Å². The highest BCUT2D eigenvalue weighted by Gasteiger charge is 2.16. The van der Waals surface area contributed by atoms with Crippen LogP contribution in [0.4, 0.5) is 0 Å². The van der Waals surface area contributed by atoms with Gasteiger partial charge in [-0.1, -0.05) is 12.1 Å². The Morgan fingerprint density at radius 1 is 1.13 bits per heavy atom. The van der Waals surface area contributed by atoms with E-state index in [1.807, 2.05) is 43.3 Å². The highest BCUT2D eigenvalue weighted by atomic mass is 16.6. The molecule has 5 heteroatoms. The minimum absolute atomic E-state index is 0.571. The lowest BCUT2D eigenvalue weighted by atomic mass is 10.1. The first kappa shape index (κ1) is 13.6. The average molecular weight is 305 g/mol. The van der Waals surface area contributed by atoms with Crippen molar-refractivity contribution in [1.29, 1.82) is 5.26 Å². The molecule has 0 aliphatic carbocycles. The van der Waals surface area contributed by atoms with E-state index in [0.29, 0.717) is 25.3 Å². The van der Waals surface area contributed by atoms with Crippen LogP contribution in [0.25, 0.3) is 11.0 Å². The Bertz CT molecular complexity index is 920. The highest BCUT2D eigenvalue weighted by molar-refractivity contribution is 5.81. The standard InChI is InChI=1S/C18H15N3O2/c1-12-20-15-8-17-18(23-7-6-22-17)9-16(15)21(12)11-14-4-2-13(10-19)3-5-14/h2-5,8-9H,6-7,11H2,1H3. The van der Waals surface area contributed by atoms with Gasteiger partial charge in [0.05, 0.1) is 22.7 Å². The van der Waals surface area contributed by atoms with Gasteiger partial charge in [0.2, 0.25) is 0 Å². The maximum atomic E-state index is 8.89. The van der Waals surface area contributed by atoms with E-state index in [1.165, 1.54) is 0 Å². The van der Waals surface area contributed by atoms with Gasteiger partial charge in [-0.2, -0.15) is 5.26 Å². The molecule has 0 saturated carbocycles. The molecule has 0 spiro atoms. The molecule has 23 heavy (non-hydrogen) atoms. The summed E-state index contributed by atoms with van der Waals surface area (Å²) in [6.07, 6.45) is 0. The van der Waals surface area contributed by atoms with Gasteiger partial charge in [-0.15, -0.1) is 0 Å². The molecule has 0 atom stereocenters. The van der Waals surface area contributed by atoms with Crippen molar-refractivity contribution in [2.24, 2.45) is 0 Å². The number of imidazole rings is 1. The van der Waals surface area contributed by atoms with E-state index in [4.69, 9.17) is 14.7 Å². The Kier molecular flexibility index (Phi) is 3.16. The van der Waals surface area contributed by atoms with Crippen LogP contribution in [0.3, 0.4) is 0 Å². The summed E-state index contributed by atoms with van der Waals surface area (Å²) in [4.78, 5) is 4.63. The molecule has 0 saturated heterocycles. The summed E-state index contributed by atoms with van der Waals surface area (Å²) < 4.78 is 13.4. The molecule has 5 nitrogen and oxygen atoms in total. The predicted octanol–water partition coefficient (Wildman–Crippen LogP) is 3.04. The molecule has 0 amide bonds. The van der Waals surface area contributed by atoms with Crippen molar-refractivity contribution in [2.75, 3.05) is 13.2 Å². The maximum Gasteiger partial charge on any atom is 0.163 e. The van der Waals surface area contributed by atoms with Gasteiger partial charge in [-0.05, 0) is 24.6 Å². The molecule has 4 rings (SSSR count). The van der Waals surface area contributed by atoms with Gasteiger partial charge in [0.15, 0.2) is 11.5 Å². The van der Waals surface area contributed by atoms with Gasteiger partial charge in [-0.3, -0.25) is 0 Å². The van der Waals surface area contributed by atoms with E-state index in [1.54, 1.807) is 0 Å². The second-order valence-electron chi connectivity index (χ2n) is 5.54. The van der Waals surface area contributed by atoms with Crippen molar-refractivity contribution in [3.8, 4) is 17.6 Å². The number of nitrogens with zero attached hydrogens (tertiary/aromatic N) is 3. The topological polar surface area (TPSA) is 60.1 Å². The zero-order valence-electron chi connectivity index (χ0n) is 12.7. The van der Waals surface area contributed by atoms with E-state index in [-0.39, 0.29) is 0 Å². The van der Waals surface area contributed by atoms with E-state index < -0.39 is 0 Å². The van der Waals surface area contributed by atoms with Crippen LogP contribution in [-0.2, 0) is 6.54 Å². The molecule has 0 radical (unpaired) electrons. The Hall–Kier alpha value is -3.00. The molecule has 3 aromatic rings. The third-order valence-corrected chi connectivity index (χ3v) is 4.03. The van der Waals surface area contributed by atoms with Crippen molar-refractivity contribution >= 4 is 11.0 Å². The van der Waals surface area contributed by atoms with Gasteiger partial charge >= 0.3 is 0 Å². The number of benzene rings is 2. The number of nitriles is 1. The van der Waals surface area contributed by atoms with Gasteiger partial charge in [0, 0.05) is 18.7 Å². The molecule has 2 aromatic carbocycles. The Morgan fingerprint density at radius 3 is 2.52 bits per heavy atom. The van der Waals surface area contributed by atoms with Crippen molar-refractivity contribution < 1.29 is 9.47 Å². The van der Waals surface area contributed by atoms with E-state index in [0.717, 1.165) is 33.9 Å². The summed E-state index contributed by atoms with van der Waals surface area (Å²) in [6, 6.07) is 13.7. The van der Waals surface area contributed by atoms with E-state index in [2.05, 4.69) is 15.6 Å². The van der Waals surface area contributed by atoms with Crippen LogP contribution in [0.1, 0.15) is 17.0 Å². The van der Waals surface area contributed by atoms with E-state index >= 15 is 0 Å². The fraction of sp³-hybridized carbons (Fsp3) is 0.222. The lowest BCUT2D eigenvalue weighted by molar-refractivity contribution is 0.172. The number of hydrogen-bond donors (Lipinski definition) is 0. The normalized spacial score (nSPS) is 13.0. The van der Waals surface area contributed by atoms with Crippen LogP contribution in [0.15, 0.2) is 36.4 Å². The molecule has 0 N–H and O–H groups in total. The molecular weight excluding hydrogens is 290 g/mol. The number of fused-ring (bicyclic) bond motifs is 2. The molecule has 0 bridgehead atoms. The molecule has 114 valence electrons.